The summed E-state index contributed by atoms with van der Waals surface area (Å²) in [5.41, 5.74) is 0. The Morgan fingerprint density at radius 2 is 1.14 bits per heavy atom. The van der Waals surface area contributed by atoms with Crippen molar-refractivity contribution < 1.29 is 87.4 Å². The minimum atomic E-state index is -5.39. The van der Waals surface area contributed by atoms with Gasteiger partial charge in [0.15, 0.2) is 0 Å². The molecule has 0 N–H and O–H groups in total. The molecule has 0 aliphatic rings. The zero-order valence-electron chi connectivity index (χ0n) is 3.41. The Bertz CT molecular complexity index is 57.8. The molecule has 7 heteroatoms. The van der Waals surface area contributed by atoms with E-state index >= 15 is 0 Å². The van der Waals surface area contributed by atoms with Gasteiger partial charge >= 0.3 is 68.2 Å². The maximum Gasteiger partial charge on any atom is 2.00 e. The van der Waals surface area contributed by atoms with Crippen LogP contribution in [0.4, 0.5) is 0 Å². The second-order valence-corrected chi connectivity index (χ2v) is 1.34. The Morgan fingerprint density at radius 3 is 1.14 bits per heavy atom. The van der Waals surface area contributed by atoms with Crippen molar-refractivity contribution in [3.05, 3.63) is 0 Å². The Balaban J connectivity index is -0.0000000800. The van der Waals surface area contributed by atoms with Gasteiger partial charge in [-0.2, -0.15) is 7.82 Å². The van der Waals surface area contributed by atoms with Crippen LogP contribution in [-0.4, -0.2) is 0 Å². The first-order chi connectivity index (χ1) is 2.00. The van der Waals surface area contributed by atoms with Gasteiger partial charge in [-0.25, -0.2) is 0 Å². The molecule has 0 heterocycles. The molecular weight excluding hydrogens is 193 g/mol. The summed E-state index contributed by atoms with van der Waals surface area (Å²) in [4.78, 5) is 25.6. The van der Waals surface area contributed by atoms with Crippen molar-refractivity contribution in [1.82, 2.24) is 0 Å². The molecule has 0 aliphatic carbocycles. The zero-order valence-corrected chi connectivity index (χ0v) is 8.47. The first-order valence-corrected chi connectivity index (χ1v) is 2.19. The van der Waals surface area contributed by atoms with Gasteiger partial charge in [0, 0.05) is 0 Å². The van der Waals surface area contributed by atoms with Crippen molar-refractivity contribution in [1.29, 1.82) is 0 Å². The monoisotopic (exact) mass is 193 g/mol. The summed E-state index contributed by atoms with van der Waals surface area (Å²) in [6.45, 7) is 0. The fraction of sp³-hybridized carbons (Fsp3) is 0. The summed E-state index contributed by atoms with van der Waals surface area (Å²) >= 11 is 0. The largest absolute Gasteiger partial charge is 2.00 e. The van der Waals surface area contributed by atoms with Crippen LogP contribution in [-0.2, 0) is 21.3 Å². The van der Waals surface area contributed by atoms with E-state index in [-0.39, 0.29) is 68.2 Å². The molecule has 0 aromatic rings. The molecule has 0 aromatic carbocycles. The van der Waals surface area contributed by atoms with Crippen LogP contribution in [0.2, 0.25) is 0 Å². The molecule has 0 amide bonds. The third kappa shape index (κ3) is 63.6. The second kappa shape index (κ2) is 6.37. The van der Waals surface area contributed by atoms with Crippen LogP contribution in [0.1, 0.15) is 0 Å². The molecular formula is CoKO4P. The minimum absolute atomic E-state index is 0. The normalized spacial score (nSPS) is 8.43. The van der Waals surface area contributed by atoms with Crippen molar-refractivity contribution >= 4 is 7.82 Å². The minimum Gasteiger partial charge on any atom is -0.822 e. The molecule has 0 spiro atoms. The fourth-order valence-electron chi connectivity index (χ4n) is 0. The molecule has 0 bridgehead atoms. The summed E-state index contributed by atoms with van der Waals surface area (Å²) in [6.07, 6.45) is 0. The van der Waals surface area contributed by atoms with Gasteiger partial charge in [-0.3, -0.25) is 0 Å². The van der Waals surface area contributed by atoms with E-state index in [2.05, 4.69) is 0 Å². The van der Waals surface area contributed by atoms with Gasteiger partial charge in [-0.15, -0.1) is 0 Å². The van der Waals surface area contributed by atoms with E-state index in [1.807, 2.05) is 0 Å². The van der Waals surface area contributed by atoms with Gasteiger partial charge in [0.2, 0.25) is 0 Å². The molecule has 0 unspecified atom stereocenters. The van der Waals surface area contributed by atoms with Gasteiger partial charge in [0.25, 0.3) is 0 Å². The van der Waals surface area contributed by atoms with Crippen LogP contribution in [0.5, 0.6) is 0 Å². The van der Waals surface area contributed by atoms with Crippen LogP contribution in [0.25, 0.3) is 0 Å². The topological polar surface area (TPSA) is 86.2 Å². The molecule has 0 aromatic heterocycles. The van der Waals surface area contributed by atoms with E-state index in [1.54, 1.807) is 0 Å². The molecule has 0 saturated carbocycles. The summed E-state index contributed by atoms with van der Waals surface area (Å²) < 4.78 is 8.55. The molecule has 0 saturated heterocycles. The van der Waals surface area contributed by atoms with Crippen molar-refractivity contribution in [2.75, 3.05) is 0 Å². The summed E-state index contributed by atoms with van der Waals surface area (Å²) in [5, 5.41) is 0. The third-order valence-electron chi connectivity index (χ3n) is 0. The quantitative estimate of drug-likeness (QED) is 0.283. The molecule has 0 fully saturated rings. The van der Waals surface area contributed by atoms with Gasteiger partial charge < -0.3 is 19.2 Å². The maximum absolute atomic E-state index is 8.55. The molecule has 0 aliphatic heterocycles. The summed E-state index contributed by atoms with van der Waals surface area (Å²) in [6, 6.07) is 0. The molecule has 7 heavy (non-hydrogen) atoms. The number of hydrogen-bond acceptors (Lipinski definition) is 4. The van der Waals surface area contributed by atoms with Crippen LogP contribution in [0.3, 0.4) is 0 Å². The first kappa shape index (κ1) is 16.1. The van der Waals surface area contributed by atoms with E-state index in [0.717, 1.165) is 0 Å². The van der Waals surface area contributed by atoms with E-state index in [1.165, 1.54) is 0 Å². The van der Waals surface area contributed by atoms with Gasteiger partial charge in [-0.05, 0) is 0 Å². The van der Waals surface area contributed by atoms with E-state index in [0.29, 0.717) is 0 Å². The van der Waals surface area contributed by atoms with Crippen molar-refractivity contribution in [3.63, 3.8) is 0 Å². The van der Waals surface area contributed by atoms with Crippen LogP contribution in [0.15, 0.2) is 0 Å². The number of phosphoric acid groups is 1. The first-order valence-electron chi connectivity index (χ1n) is 0.730. The van der Waals surface area contributed by atoms with Crippen LogP contribution in [0, 0.1) is 0 Å². The molecule has 4 nitrogen and oxygen atoms in total. The summed E-state index contributed by atoms with van der Waals surface area (Å²) in [7, 11) is -5.39. The Hall–Kier alpha value is 2.25. The average Bonchev–Trinajstić information content (AvgIpc) is 0.722. The molecule has 1 radical (unpaired) electrons. The Labute approximate surface area is 93.5 Å². The van der Waals surface area contributed by atoms with Crippen LogP contribution >= 0.6 is 7.82 Å². The maximum atomic E-state index is 8.55. The van der Waals surface area contributed by atoms with E-state index in [4.69, 9.17) is 19.2 Å². The van der Waals surface area contributed by atoms with E-state index < -0.39 is 7.82 Å². The summed E-state index contributed by atoms with van der Waals surface area (Å²) in [5.74, 6) is 0. The van der Waals surface area contributed by atoms with Crippen molar-refractivity contribution in [2.45, 2.75) is 0 Å². The molecule has 0 atom stereocenters. The smallest absolute Gasteiger partial charge is 0.822 e. The Morgan fingerprint density at radius 1 is 1.14 bits per heavy atom. The predicted molar refractivity (Wildman–Crippen MR) is 7.61 cm³/mol. The van der Waals surface area contributed by atoms with Crippen molar-refractivity contribution in [3.8, 4) is 0 Å². The molecule has 39 valence electrons. The third-order valence-corrected chi connectivity index (χ3v) is 0. The molecule has 0 rings (SSSR count). The number of hydrogen-bond donors (Lipinski definition) is 0. The van der Waals surface area contributed by atoms with Gasteiger partial charge in [0.05, 0.1) is 0 Å². The van der Waals surface area contributed by atoms with Gasteiger partial charge in [-0.1, -0.05) is 0 Å². The average molecular weight is 193 g/mol. The Kier molecular flexibility index (Phi) is 14.7. The van der Waals surface area contributed by atoms with Crippen LogP contribution < -0.4 is 66.1 Å². The predicted octanol–water partition coefficient (Wildman–Crippen LogP) is -5.82. The fourth-order valence-corrected chi connectivity index (χ4v) is 0. The standard InChI is InChI=1S/Co.K.H3O4P/c;;1-5(2,3)4/h;;(H3,1,2,3,4)/q+2;+1;/p-3. The second-order valence-electron chi connectivity index (χ2n) is 0.447. The number of rotatable bonds is 0. The van der Waals surface area contributed by atoms with Crippen molar-refractivity contribution in [2.24, 2.45) is 0 Å². The van der Waals surface area contributed by atoms with Gasteiger partial charge in [0.1, 0.15) is 0 Å². The van der Waals surface area contributed by atoms with E-state index in [9.17, 15) is 0 Å². The zero-order chi connectivity index (χ0) is 4.50. The SMILES string of the molecule is O=P([O-])([O-])[O-].[Co+2].[K+].